The Morgan fingerprint density at radius 1 is 1.00 bits per heavy atom. The summed E-state index contributed by atoms with van der Waals surface area (Å²) >= 11 is 1.58. The molecule has 2 heterocycles. The molecule has 0 bridgehead atoms. The summed E-state index contributed by atoms with van der Waals surface area (Å²) in [5, 5.41) is 6.02. The van der Waals surface area contributed by atoms with Gasteiger partial charge in [-0.3, -0.25) is 4.79 Å². The number of carbonyl (C=O) groups excluding carboxylic acids is 1. The zero-order chi connectivity index (χ0) is 17.8. The smallest absolute Gasteiger partial charge is 0.271 e. The molecule has 6 heteroatoms. The van der Waals surface area contributed by atoms with E-state index in [2.05, 4.69) is 50.4 Å². The third-order valence-corrected chi connectivity index (χ3v) is 6.24. The highest BCUT2D eigenvalue weighted by atomic mass is 32.1. The van der Waals surface area contributed by atoms with Gasteiger partial charge < -0.3 is 15.1 Å². The maximum absolute atomic E-state index is 12.5. The summed E-state index contributed by atoms with van der Waals surface area (Å²) in [6, 6.07) is 10.9. The molecule has 2 aliphatic rings. The minimum absolute atomic E-state index is 0.0117. The molecular weight excluding hydrogens is 344 g/mol. The first-order chi connectivity index (χ1) is 12.8. The average Bonchev–Trinajstić information content (AvgIpc) is 3.20. The Morgan fingerprint density at radius 3 is 2.42 bits per heavy atom. The van der Waals surface area contributed by atoms with Crippen molar-refractivity contribution in [1.29, 1.82) is 0 Å². The Bertz CT molecular complexity index is 718. The molecule has 138 valence electrons. The van der Waals surface area contributed by atoms with E-state index in [1.54, 1.807) is 11.3 Å². The Morgan fingerprint density at radius 2 is 1.69 bits per heavy atom. The molecule has 1 N–H and O–H groups in total. The van der Waals surface area contributed by atoms with Gasteiger partial charge in [0.15, 0.2) is 5.13 Å². The SMILES string of the molecule is O=C(NC1CCCCC1)c1csc(N2CCN(c3ccccc3)CC2)n1. The molecule has 1 saturated heterocycles. The largest absolute Gasteiger partial charge is 0.368 e. The Labute approximate surface area is 159 Å². The number of rotatable bonds is 4. The van der Waals surface area contributed by atoms with Gasteiger partial charge in [0.1, 0.15) is 5.69 Å². The lowest BCUT2D eigenvalue weighted by Gasteiger charge is -2.36. The lowest BCUT2D eigenvalue weighted by molar-refractivity contribution is 0.0923. The van der Waals surface area contributed by atoms with Gasteiger partial charge in [-0.15, -0.1) is 11.3 Å². The summed E-state index contributed by atoms with van der Waals surface area (Å²) in [4.78, 5) is 21.8. The highest BCUT2D eigenvalue weighted by Crippen LogP contribution is 2.24. The van der Waals surface area contributed by atoms with Gasteiger partial charge >= 0.3 is 0 Å². The van der Waals surface area contributed by atoms with Gasteiger partial charge in [0.05, 0.1) is 0 Å². The molecule has 2 fully saturated rings. The number of benzene rings is 1. The van der Waals surface area contributed by atoms with Crippen LogP contribution in [0.4, 0.5) is 10.8 Å². The molecule has 1 saturated carbocycles. The monoisotopic (exact) mass is 370 g/mol. The minimum atomic E-state index is -0.0117. The van der Waals surface area contributed by atoms with Gasteiger partial charge in [-0.2, -0.15) is 0 Å². The predicted octanol–water partition coefficient (Wildman–Crippen LogP) is 3.53. The van der Waals surface area contributed by atoms with Crippen molar-refractivity contribution < 1.29 is 4.79 Å². The second-order valence-electron chi connectivity index (χ2n) is 7.13. The van der Waals surface area contributed by atoms with Gasteiger partial charge in [-0.25, -0.2) is 4.98 Å². The molecule has 0 radical (unpaired) electrons. The van der Waals surface area contributed by atoms with Crippen molar-refractivity contribution in [3.05, 3.63) is 41.4 Å². The molecule has 2 aromatic rings. The number of hydrogen-bond donors (Lipinski definition) is 1. The van der Waals surface area contributed by atoms with Crippen LogP contribution >= 0.6 is 11.3 Å². The number of carbonyl (C=O) groups is 1. The third-order valence-electron chi connectivity index (χ3n) is 5.34. The molecule has 1 aliphatic heterocycles. The second-order valence-corrected chi connectivity index (χ2v) is 7.97. The van der Waals surface area contributed by atoms with Gasteiger partial charge in [-0.05, 0) is 25.0 Å². The summed E-state index contributed by atoms with van der Waals surface area (Å²) in [6.07, 6.45) is 5.94. The molecule has 5 nitrogen and oxygen atoms in total. The molecule has 1 aliphatic carbocycles. The summed E-state index contributed by atoms with van der Waals surface area (Å²) in [6.45, 7) is 3.83. The van der Waals surface area contributed by atoms with Crippen LogP contribution in [0.5, 0.6) is 0 Å². The molecule has 0 unspecified atom stereocenters. The van der Waals surface area contributed by atoms with Crippen LogP contribution in [-0.2, 0) is 0 Å². The van der Waals surface area contributed by atoms with E-state index in [0.29, 0.717) is 11.7 Å². The Kier molecular flexibility index (Phi) is 5.39. The number of nitrogens with zero attached hydrogens (tertiary/aromatic N) is 3. The van der Waals surface area contributed by atoms with E-state index in [0.717, 1.165) is 44.2 Å². The van der Waals surface area contributed by atoms with Crippen molar-refractivity contribution >= 4 is 28.1 Å². The first-order valence-electron chi connectivity index (χ1n) is 9.61. The molecule has 1 aromatic heterocycles. The van der Waals surface area contributed by atoms with E-state index in [4.69, 9.17) is 0 Å². The molecule has 0 atom stereocenters. The van der Waals surface area contributed by atoms with Gasteiger partial charge in [0, 0.05) is 43.3 Å². The number of aromatic nitrogens is 1. The normalized spacial score (nSPS) is 18.8. The second kappa shape index (κ2) is 8.08. The lowest BCUT2D eigenvalue weighted by Crippen LogP contribution is -2.46. The molecule has 4 rings (SSSR count). The third kappa shape index (κ3) is 4.01. The highest BCUT2D eigenvalue weighted by molar-refractivity contribution is 7.13. The van der Waals surface area contributed by atoms with Crippen LogP contribution in [-0.4, -0.2) is 43.1 Å². The molecule has 26 heavy (non-hydrogen) atoms. The van der Waals surface area contributed by atoms with Crippen LogP contribution in [0.1, 0.15) is 42.6 Å². The number of thiazole rings is 1. The van der Waals surface area contributed by atoms with Crippen LogP contribution < -0.4 is 15.1 Å². The Hall–Kier alpha value is -2.08. The summed E-state index contributed by atoms with van der Waals surface area (Å²) in [5.41, 5.74) is 1.85. The Balaban J connectivity index is 1.33. The number of anilines is 2. The van der Waals surface area contributed by atoms with Crippen LogP contribution in [0.15, 0.2) is 35.7 Å². The van der Waals surface area contributed by atoms with Crippen LogP contribution in [0.25, 0.3) is 0 Å². The fourth-order valence-electron chi connectivity index (χ4n) is 3.81. The van der Waals surface area contributed by atoms with E-state index in [9.17, 15) is 4.79 Å². The van der Waals surface area contributed by atoms with Crippen molar-refractivity contribution in [1.82, 2.24) is 10.3 Å². The van der Waals surface area contributed by atoms with Crippen molar-refractivity contribution in [2.45, 2.75) is 38.1 Å². The number of piperazine rings is 1. The van der Waals surface area contributed by atoms with Crippen molar-refractivity contribution in [2.75, 3.05) is 36.0 Å². The standard InChI is InChI=1S/C20H26N4OS/c25-19(21-16-7-3-1-4-8-16)18-15-26-20(22-18)24-13-11-23(12-14-24)17-9-5-2-6-10-17/h2,5-6,9-10,15-16H,1,3-4,7-8,11-14H2,(H,21,25). The average molecular weight is 371 g/mol. The fraction of sp³-hybridized carbons (Fsp3) is 0.500. The molecule has 0 spiro atoms. The van der Waals surface area contributed by atoms with Gasteiger partial charge in [0.2, 0.25) is 0 Å². The topological polar surface area (TPSA) is 48.5 Å². The van der Waals surface area contributed by atoms with Crippen molar-refractivity contribution in [3.63, 3.8) is 0 Å². The summed E-state index contributed by atoms with van der Waals surface area (Å²) < 4.78 is 0. The first kappa shape index (κ1) is 17.3. The number of hydrogen-bond acceptors (Lipinski definition) is 5. The maximum atomic E-state index is 12.5. The summed E-state index contributed by atoms with van der Waals surface area (Å²) in [5.74, 6) is -0.0117. The summed E-state index contributed by atoms with van der Waals surface area (Å²) in [7, 11) is 0. The first-order valence-corrected chi connectivity index (χ1v) is 10.5. The number of nitrogens with one attached hydrogen (secondary N) is 1. The van der Waals surface area contributed by atoms with Gasteiger partial charge in [0.25, 0.3) is 5.91 Å². The van der Waals surface area contributed by atoms with Crippen LogP contribution in [0, 0.1) is 0 Å². The van der Waals surface area contributed by atoms with Gasteiger partial charge in [-0.1, -0.05) is 37.5 Å². The fourth-order valence-corrected chi connectivity index (χ4v) is 4.67. The van der Waals surface area contributed by atoms with Crippen molar-refractivity contribution in [3.8, 4) is 0 Å². The van der Waals surface area contributed by atoms with E-state index in [-0.39, 0.29) is 5.91 Å². The zero-order valence-electron chi connectivity index (χ0n) is 15.1. The van der Waals surface area contributed by atoms with Crippen molar-refractivity contribution in [2.24, 2.45) is 0 Å². The van der Waals surface area contributed by atoms with Crippen LogP contribution in [0.3, 0.4) is 0 Å². The zero-order valence-corrected chi connectivity index (χ0v) is 15.9. The minimum Gasteiger partial charge on any atom is -0.368 e. The molecular formula is C20H26N4OS. The van der Waals surface area contributed by atoms with E-state index < -0.39 is 0 Å². The molecule has 1 amide bonds. The van der Waals surface area contributed by atoms with E-state index in [1.165, 1.54) is 24.9 Å². The number of para-hydroxylation sites is 1. The maximum Gasteiger partial charge on any atom is 0.271 e. The highest BCUT2D eigenvalue weighted by Gasteiger charge is 2.22. The lowest BCUT2D eigenvalue weighted by atomic mass is 9.95. The van der Waals surface area contributed by atoms with E-state index in [1.807, 2.05) is 5.38 Å². The van der Waals surface area contributed by atoms with E-state index >= 15 is 0 Å². The quantitative estimate of drug-likeness (QED) is 0.894. The number of amides is 1. The van der Waals surface area contributed by atoms with Crippen LogP contribution in [0.2, 0.25) is 0 Å². The predicted molar refractivity (Wildman–Crippen MR) is 107 cm³/mol. The molecule has 1 aromatic carbocycles.